The topological polar surface area (TPSA) is 33.7 Å². The van der Waals surface area contributed by atoms with Crippen LogP contribution in [0.1, 0.15) is 27.2 Å². The van der Waals surface area contributed by atoms with Gasteiger partial charge in [-0.05, 0) is 26.8 Å². The molecule has 4 heteroatoms. The average molecular weight is 230 g/mol. The minimum absolute atomic E-state index is 0.0675. The summed E-state index contributed by atoms with van der Waals surface area (Å²) in [6, 6.07) is 0.670. The molecule has 0 radical (unpaired) electrons. The van der Waals surface area contributed by atoms with Gasteiger partial charge in [0, 0.05) is 38.9 Å². The lowest BCUT2D eigenvalue weighted by molar-refractivity contribution is -0.152. The Hall–Kier alpha value is -0.160. The maximum absolute atomic E-state index is 5.59. The summed E-state index contributed by atoms with van der Waals surface area (Å²) in [5.74, 6) is 0. The summed E-state index contributed by atoms with van der Waals surface area (Å²) < 4.78 is 11.2. The highest BCUT2D eigenvalue weighted by atomic mass is 16.7. The molecule has 0 aliphatic carbocycles. The lowest BCUT2D eigenvalue weighted by atomic mass is 10.1. The van der Waals surface area contributed by atoms with E-state index in [1.54, 1.807) is 0 Å². The third kappa shape index (κ3) is 4.37. The fourth-order valence-corrected chi connectivity index (χ4v) is 1.96. The molecule has 1 N–H and O–H groups in total. The zero-order valence-corrected chi connectivity index (χ0v) is 10.9. The molecule has 1 fully saturated rings. The van der Waals surface area contributed by atoms with Crippen molar-refractivity contribution in [1.82, 2.24) is 10.2 Å². The van der Waals surface area contributed by atoms with Crippen molar-refractivity contribution in [1.29, 1.82) is 0 Å². The Morgan fingerprint density at radius 1 is 1.19 bits per heavy atom. The maximum Gasteiger partial charge on any atom is 0.170 e. The molecule has 0 aromatic carbocycles. The fourth-order valence-electron chi connectivity index (χ4n) is 1.96. The van der Waals surface area contributed by atoms with Crippen LogP contribution in [0.3, 0.4) is 0 Å². The van der Waals surface area contributed by atoms with Crippen LogP contribution < -0.4 is 5.32 Å². The summed E-state index contributed by atoms with van der Waals surface area (Å²) in [5, 5.41) is 3.31. The molecule has 1 heterocycles. The number of nitrogens with one attached hydrogen (secondary N) is 1. The SMILES string of the molecule is CCCN(CC(OCC)OCC)C1CNC1. The van der Waals surface area contributed by atoms with E-state index in [9.17, 15) is 0 Å². The second kappa shape index (κ2) is 8.01. The molecule has 1 aliphatic heterocycles. The van der Waals surface area contributed by atoms with Crippen molar-refractivity contribution in [3.8, 4) is 0 Å². The number of nitrogens with zero attached hydrogens (tertiary/aromatic N) is 1. The van der Waals surface area contributed by atoms with Crippen LogP contribution in [-0.2, 0) is 9.47 Å². The molecule has 16 heavy (non-hydrogen) atoms. The van der Waals surface area contributed by atoms with Crippen molar-refractivity contribution < 1.29 is 9.47 Å². The van der Waals surface area contributed by atoms with E-state index in [0.29, 0.717) is 19.3 Å². The van der Waals surface area contributed by atoms with Crippen molar-refractivity contribution in [3.05, 3.63) is 0 Å². The fraction of sp³-hybridized carbons (Fsp3) is 1.00. The highest BCUT2D eigenvalue weighted by molar-refractivity contribution is 4.84. The van der Waals surface area contributed by atoms with E-state index >= 15 is 0 Å². The Morgan fingerprint density at radius 3 is 2.19 bits per heavy atom. The highest BCUT2D eigenvalue weighted by Gasteiger charge is 2.26. The van der Waals surface area contributed by atoms with Crippen molar-refractivity contribution in [2.75, 3.05) is 39.4 Å². The zero-order valence-electron chi connectivity index (χ0n) is 10.9. The Labute approximate surface area is 99.3 Å². The van der Waals surface area contributed by atoms with E-state index in [1.165, 1.54) is 6.42 Å². The molecule has 1 rings (SSSR count). The number of hydrogen-bond donors (Lipinski definition) is 1. The van der Waals surface area contributed by atoms with Gasteiger partial charge in [-0.15, -0.1) is 0 Å². The number of hydrogen-bond acceptors (Lipinski definition) is 4. The van der Waals surface area contributed by atoms with Crippen LogP contribution >= 0.6 is 0 Å². The summed E-state index contributed by atoms with van der Waals surface area (Å²) in [4.78, 5) is 2.48. The zero-order chi connectivity index (χ0) is 11.8. The maximum atomic E-state index is 5.59. The molecule has 1 saturated heterocycles. The monoisotopic (exact) mass is 230 g/mol. The van der Waals surface area contributed by atoms with Gasteiger partial charge in [-0.25, -0.2) is 0 Å². The first kappa shape index (κ1) is 13.9. The van der Waals surface area contributed by atoms with E-state index in [2.05, 4.69) is 17.1 Å². The van der Waals surface area contributed by atoms with Gasteiger partial charge in [0.25, 0.3) is 0 Å². The summed E-state index contributed by atoms with van der Waals surface area (Å²) in [6.07, 6.45) is 1.11. The van der Waals surface area contributed by atoms with E-state index in [1.807, 2.05) is 13.8 Å². The Morgan fingerprint density at radius 2 is 1.81 bits per heavy atom. The molecule has 1 aliphatic rings. The molecular formula is C12H26N2O2. The summed E-state index contributed by atoms with van der Waals surface area (Å²) >= 11 is 0. The minimum atomic E-state index is -0.0675. The molecule has 0 aromatic rings. The van der Waals surface area contributed by atoms with Crippen LogP contribution in [0, 0.1) is 0 Å². The molecule has 0 aromatic heterocycles. The van der Waals surface area contributed by atoms with Gasteiger partial charge in [-0.2, -0.15) is 0 Å². The molecule has 96 valence electrons. The summed E-state index contributed by atoms with van der Waals surface area (Å²) in [5.41, 5.74) is 0. The molecule has 4 nitrogen and oxygen atoms in total. The van der Waals surface area contributed by atoms with Gasteiger partial charge < -0.3 is 14.8 Å². The highest BCUT2D eigenvalue weighted by Crippen LogP contribution is 2.09. The van der Waals surface area contributed by atoms with Crippen molar-refractivity contribution in [2.45, 2.75) is 39.5 Å². The molecule has 0 saturated carbocycles. The predicted molar refractivity (Wildman–Crippen MR) is 65.6 cm³/mol. The molecular weight excluding hydrogens is 204 g/mol. The van der Waals surface area contributed by atoms with Gasteiger partial charge in [-0.1, -0.05) is 6.92 Å². The first-order valence-electron chi connectivity index (χ1n) is 6.49. The van der Waals surface area contributed by atoms with Gasteiger partial charge in [0.05, 0.1) is 0 Å². The first-order chi connectivity index (χ1) is 7.81. The molecule has 0 unspecified atom stereocenters. The van der Waals surface area contributed by atoms with E-state index in [4.69, 9.17) is 9.47 Å². The first-order valence-corrected chi connectivity index (χ1v) is 6.49. The van der Waals surface area contributed by atoms with Gasteiger partial charge in [0.2, 0.25) is 0 Å². The Bertz CT molecular complexity index is 168. The van der Waals surface area contributed by atoms with E-state index < -0.39 is 0 Å². The number of rotatable bonds is 9. The molecule has 0 atom stereocenters. The van der Waals surface area contributed by atoms with Crippen LogP contribution in [0.4, 0.5) is 0 Å². The quantitative estimate of drug-likeness (QED) is 0.601. The van der Waals surface area contributed by atoms with Gasteiger partial charge in [-0.3, -0.25) is 4.90 Å². The standard InChI is InChI=1S/C12H26N2O2/c1-4-7-14(11-8-13-9-11)10-12(15-5-2)16-6-3/h11-13H,4-10H2,1-3H3. The molecule has 0 spiro atoms. The Kier molecular flexibility index (Phi) is 6.96. The summed E-state index contributed by atoms with van der Waals surface area (Å²) in [7, 11) is 0. The minimum Gasteiger partial charge on any atom is -0.352 e. The normalized spacial score (nSPS) is 17.1. The summed E-state index contributed by atoms with van der Waals surface area (Å²) in [6.45, 7) is 11.9. The van der Waals surface area contributed by atoms with Crippen molar-refractivity contribution in [2.24, 2.45) is 0 Å². The van der Waals surface area contributed by atoms with Crippen LogP contribution in [-0.4, -0.2) is 56.6 Å². The van der Waals surface area contributed by atoms with E-state index in [0.717, 1.165) is 26.2 Å². The predicted octanol–water partition coefficient (Wildman–Crippen LogP) is 1.07. The van der Waals surface area contributed by atoms with Crippen LogP contribution in [0.25, 0.3) is 0 Å². The number of ether oxygens (including phenoxy) is 2. The lowest BCUT2D eigenvalue weighted by Gasteiger charge is -2.39. The molecule has 0 amide bonds. The van der Waals surface area contributed by atoms with E-state index in [-0.39, 0.29) is 6.29 Å². The average Bonchev–Trinajstić information content (AvgIpc) is 2.16. The Balaban J connectivity index is 2.36. The van der Waals surface area contributed by atoms with Crippen molar-refractivity contribution in [3.63, 3.8) is 0 Å². The smallest absolute Gasteiger partial charge is 0.170 e. The van der Waals surface area contributed by atoms with Crippen LogP contribution in [0.5, 0.6) is 0 Å². The second-order valence-electron chi connectivity index (χ2n) is 4.15. The van der Waals surface area contributed by atoms with Gasteiger partial charge >= 0.3 is 0 Å². The molecule has 0 bridgehead atoms. The van der Waals surface area contributed by atoms with Crippen LogP contribution in [0.2, 0.25) is 0 Å². The van der Waals surface area contributed by atoms with Gasteiger partial charge in [0.1, 0.15) is 0 Å². The lowest BCUT2D eigenvalue weighted by Crippen LogP contribution is -2.59. The largest absolute Gasteiger partial charge is 0.352 e. The van der Waals surface area contributed by atoms with Gasteiger partial charge in [0.15, 0.2) is 6.29 Å². The van der Waals surface area contributed by atoms with Crippen molar-refractivity contribution >= 4 is 0 Å². The second-order valence-corrected chi connectivity index (χ2v) is 4.15. The van der Waals surface area contributed by atoms with Crippen LogP contribution in [0.15, 0.2) is 0 Å². The third-order valence-electron chi connectivity index (χ3n) is 2.88. The third-order valence-corrected chi connectivity index (χ3v) is 2.88.